The summed E-state index contributed by atoms with van der Waals surface area (Å²) in [6.07, 6.45) is 4.56. The van der Waals surface area contributed by atoms with E-state index in [0.717, 1.165) is 53.9 Å². The number of benzene rings is 2. The van der Waals surface area contributed by atoms with Gasteiger partial charge < -0.3 is 19.7 Å². The predicted molar refractivity (Wildman–Crippen MR) is 118 cm³/mol. The first kappa shape index (κ1) is 21.2. The Hall–Kier alpha value is -3.02. The van der Waals surface area contributed by atoms with E-state index in [1.54, 1.807) is 0 Å². The first-order chi connectivity index (χ1) is 15.0. The average molecular weight is 423 g/mol. The Balaban J connectivity index is 1.54. The van der Waals surface area contributed by atoms with E-state index >= 15 is 0 Å². The number of fused-ring (bicyclic) bond motifs is 1. The molecule has 1 aliphatic heterocycles. The molecule has 0 bridgehead atoms. The smallest absolute Gasteiger partial charge is 0.231 e. The van der Waals surface area contributed by atoms with Gasteiger partial charge >= 0.3 is 0 Å². The summed E-state index contributed by atoms with van der Waals surface area (Å²) in [6.45, 7) is 4.28. The van der Waals surface area contributed by atoms with E-state index in [4.69, 9.17) is 9.47 Å². The van der Waals surface area contributed by atoms with Gasteiger partial charge in [-0.15, -0.1) is 0 Å². The van der Waals surface area contributed by atoms with Gasteiger partial charge in [-0.25, -0.2) is 0 Å². The minimum absolute atomic E-state index is 0.0592. The average Bonchev–Trinajstić information content (AvgIpc) is 3.43. The molecular formula is C25H30N2O4. The van der Waals surface area contributed by atoms with Crippen molar-refractivity contribution in [2.45, 2.75) is 64.6 Å². The molecule has 31 heavy (non-hydrogen) atoms. The molecule has 0 aromatic heterocycles. The zero-order chi connectivity index (χ0) is 21.8. The molecule has 1 heterocycles. The molecule has 2 aromatic rings. The van der Waals surface area contributed by atoms with Gasteiger partial charge in [0.05, 0.1) is 12.5 Å². The molecule has 1 fully saturated rings. The van der Waals surface area contributed by atoms with Crippen LogP contribution in [0.15, 0.2) is 42.5 Å². The number of amides is 2. The number of ether oxygens (including phenoxy) is 2. The molecule has 6 nitrogen and oxygen atoms in total. The zero-order valence-corrected chi connectivity index (χ0v) is 18.2. The maximum atomic E-state index is 13.5. The van der Waals surface area contributed by atoms with Crippen molar-refractivity contribution in [2.75, 3.05) is 6.79 Å². The highest BCUT2D eigenvalue weighted by molar-refractivity contribution is 5.79. The van der Waals surface area contributed by atoms with Crippen LogP contribution in [-0.2, 0) is 16.1 Å². The summed E-state index contributed by atoms with van der Waals surface area (Å²) in [4.78, 5) is 27.4. The van der Waals surface area contributed by atoms with Gasteiger partial charge in [-0.2, -0.15) is 0 Å². The number of nitrogens with zero attached hydrogens (tertiary/aromatic N) is 1. The van der Waals surface area contributed by atoms with Crippen LogP contribution < -0.4 is 14.8 Å². The van der Waals surface area contributed by atoms with Crippen molar-refractivity contribution in [1.82, 2.24) is 10.2 Å². The van der Waals surface area contributed by atoms with Crippen LogP contribution >= 0.6 is 0 Å². The Labute approximate surface area is 183 Å². The molecule has 2 aromatic carbocycles. The Morgan fingerprint density at radius 3 is 2.48 bits per heavy atom. The van der Waals surface area contributed by atoms with Crippen molar-refractivity contribution in [3.63, 3.8) is 0 Å². The van der Waals surface area contributed by atoms with Crippen LogP contribution in [0.4, 0.5) is 0 Å². The Bertz CT molecular complexity index is 935. The molecule has 1 N–H and O–H groups in total. The fraction of sp³-hybridized carbons (Fsp3) is 0.440. The number of hydrogen-bond donors (Lipinski definition) is 1. The lowest BCUT2D eigenvalue weighted by atomic mass is 10.0. The third-order valence-electron chi connectivity index (χ3n) is 6.11. The third kappa shape index (κ3) is 5.19. The second kappa shape index (κ2) is 9.41. The number of aryl methyl sites for hydroxylation is 1. The molecule has 2 amide bonds. The van der Waals surface area contributed by atoms with Crippen molar-refractivity contribution >= 4 is 11.8 Å². The number of carbonyl (C=O) groups is 2. The lowest BCUT2D eigenvalue weighted by Gasteiger charge is -2.31. The van der Waals surface area contributed by atoms with Crippen molar-refractivity contribution in [3.05, 3.63) is 59.2 Å². The largest absolute Gasteiger partial charge is 0.454 e. The first-order valence-corrected chi connectivity index (χ1v) is 11.0. The molecule has 1 atom stereocenters. The predicted octanol–water partition coefficient (Wildman–Crippen LogP) is 4.26. The summed E-state index contributed by atoms with van der Waals surface area (Å²) in [5.74, 6) is 1.39. The van der Waals surface area contributed by atoms with Crippen LogP contribution in [-0.4, -0.2) is 29.5 Å². The summed E-state index contributed by atoms with van der Waals surface area (Å²) < 4.78 is 10.9. The van der Waals surface area contributed by atoms with Crippen molar-refractivity contribution in [3.8, 4) is 11.5 Å². The van der Waals surface area contributed by atoms with Crippen molar-refractivity contribution < 1.29 is 19.1 Å². The van der Waals surface area contributed by atoms with Crippen LogP contribution in [0.5, 0.6) is 11.5 Å². The lowest BCUT2D eigenvalue weighted by Crippen LogP contribution is -2.40. The van der Waals surface area contributed by atoms with E-state index in [9.17, 15) is 9.59 Å². The quantitative estimate of drug-likeness (QED) is 0.724. The molecule has 164 valence electrons. The van der Waals surface area contributed by atoms with Crippen molar-refractivity contribution in [2.24, 2.45) is 0 Å². The van der Waals surface area contributed by atoms with Crippen LogP contribution in [0.2, 0.25) is 0 Å². The molecule has 1 aliphatic carbocycles. The zero-order valence-electron chi connectivity index (χ0n) is 18.2. The van der Waals surface area contributed by atoms with Gasteiger partial charge in [-0.05, 0) is 43.0 Å². The Kier molecular flexibility index (Phi) is 6.44. The van der Waals surface area contributed by atoms with Crippen LogP contribution in [0.25, 0.3) is 0 Å². The van der Waals surface area contributed by atoms with Crippen LogP contribution in [0.3, 0.4) is 0 Å². The normalized spacial score (nSPS) is 16.2. The number of nitrogens with one attached hydrogen (secondary N) is 1. The Morgan fingerprint density at radius 2 is 1.77 bits per heavy atom. The van der Waals surface area contributed by atoms with E-state index in [2.05, 4.69) is 5.32 Å². The van der Waals surface area contributed by atoms with Gasteiger partial charge in [-0.1, -0.05) is 48.7 Å². The second-order valence-corrected chi connectivity index (χ2v) is 8.52. The minimum atomic E-state index is -0.341. The van der Waals surface area contributed by atoms with Gasteiger partial charge in [0.15, 0.2) is 11.5 Å². The number of hydrogen-bond acceptors (Lipinski definition) is 4. The molecule has 6 heteroatoms. The molecule has 1 saturated carbocycles. The van der Waals surface area contributed by atoms with E-state index in [1.165, 1.54) is 6.92 Å². The SMILES string of the molecule is CC(=O)NC(CC(=O)N(Cc1ccc2c(c1)OCO2)C1CCCC1)c1ccc(C)cc1. The van der Waals surface area contributed by atoms with Crippen LogP contribution in [0, 0.1) is 6.92 Å². The van der Waals surface area contributed by atoms with Crippen LogP contribution in [0.1, 0.15) is 61.8 Å². The van der Waals surface area contributed by atoms with Crippen molar-refractivity contribution in [1.29, 1.82) is 0 Å². The summed E-state index contributed by atoms with van der Waals surface area (Å²) in [5.41, 5.74) is 3.12. The maximum Gasteiger partial charge on any atom is 0.231 e. The lowest BCUT2D eigenvalue weighted by molar-refractivity contribution is -0.135. The highest BCUT2D eigenvalue weighted by atomic mass is 16.7. The fourth-order valence-electron chi connectivity index (χ4n) is 4.46. The summed E-state index contributed by atoms with van der Waals surface area (Å²) in [6, 6.07) is 13.7. The topological polar surface area (TPSA) is 67.9 Å². The molecule has 2 aliphatic rings. The summed E-state index contributed by atoms with van der Waals surface area (Å²) in [7, 11) is 0. The Morgan fingerprint density at radius 1 is 1.06 bits per heavy atom. The summed E-state index contributed by atoms with van der Waals surface area (Å²) in [5, 5.41) is 2.97. The monoisotopic (exact) mass is 422 g/mol. The van der Waals surface area contributed by atoms with E-state index < -0.39 is 0 Å². The minimum Gasteiger partial charge on any atom is -0.454 e. The van der Waals surface area contributed by atoms with E-state index in [0.29, 0.717) is 6.54 Å². The van der Waals surface area contributed by atoms with Gasteiger partial charge in [-0.3, -0.25) is 9.59 Å². The molecular weight excluding hydrogens is 392 g/mol. The second-order valence-electron chi connectivity index (χ2n) is 8.52. The van der Waals surface area contributed by atoms with E-state index in [-0.39, 0.29) is 37.1 Å². The molecule has 0 radical (unpaired) electrons. The number of rotatable bonds is 7. The first-order valence-electron chi connectivity index (χ1n) is 11.0. The molecule has 0 saturated heterocycles. The molecule has 1 unspecified atom stereocenters. The molecule has 0 spiro atoms. The van der Waals surface area contributed by atoms with Gasteiger partial charge in [0, 0.05) is 19.5 Å². The van der Waals surface area contributed by atoms with Gasteiger partial charge in [0.1, 0.15) is 0 Å². The third-order valence-corrected chi connectivity index (χ3v) is 6.11. The standard InChI is InChI=1S/C25H30N2O4/c1-17-7-10-20(11-8-17)22(26-18(2)28)14-25(29)27(21-5-3-4-6-21)15-19-9-12-23-24(13-19)31-16-30-23/h7-13,21-22H,3-6,14-16H2,1-2H3,(H,26,28). The maximum absolute atomic E-state index is 13.5. The molecule has 4 rings (SSSR count). The summed E-state index contributed by atoms with van der Waals surface area (Å²) >= 11 is 0. The fourth-order valence-corrected chi connectivity index (χ4v) is 4.46. The van der Waals surface area contributed by atoms with E-state index in [1.807, 2.05) is 54.3 Å². The highest BCUT2D eigenvalue weighted by Gasteiger charge is 2.29. The number of carbonyl (C=O) groups excluding carboxylic acids is 2. The highest BCUT2D eigenvalue weighted by Crippen LogP contribution is 2.34. The van der Waals surface area contributed by atoms with Gasteiger partial charge in [0.2, 0.25) is 18.6 Å². The van der Waals surface area contributed by atoms with Gasteiger partial charge in [0.25, 0.3) is 0 Å².